The molecule has 0 amide bonds. The van der Waals surface area contributed by atoms with Gasteiger partial charge in [-0.05, 0) is 43.4 Å². The molecule has 0 aliphatic heterocycles. The quantitative estimate of drug-likeness (QED) is 0.790. The summed E-state index contributed by atoms with van der Waals surface area (Å²) in [7, 11) is 0. The first-order valence-electron chi connectivity index (χ1n) is 6.02. The summed E-state index contributed by atoms with van der Waals surface area (Å²) in [5.41, 5.74) is 2.36. The second kappa shape index (κ2) is 5.26. The summed E-state index contributed by atoms with van der Waals surface area (Å²) in [6.07, 6.45) is 3.22. The van der Waals surface area contributed by atoms with Gasteiger partial charge in [0.2, 0.25) is 0 Å². The molecule has 0 aromatic heterocycles. The number of aryl methyl sites for hydroxylation is 1. The average Bonchev–Trinajstić information content (AvgIpc) is 3.05. The minimum atomic E-state index is 0.287. The highest BCUT2D eigenvalue weighted by Crippen LogP contribution is 2.27. The fraction of sp³-hybridized carbons (Fsp3) is 0.500. The van der Waals surface area contributed by atoms with Gasteiger partial charge in [0.15, 0.2) is 5.78 Å². The van der Waals surface area contributed by atoms with Crippen LogP contribution < -0.4 is 5.32 Å². The maximum atomic E-state index is 11.7. The Balaban J connectivity index is 1.75. The van der Waals surface area contributed by atoms with E-state index in [-0.39, 0.29) is 5.78 Å². The van der Waals surface area contributed by atoms with Crippen molar-refractivity contribution in [3.63, 3.8) is 0 Å². The van der Waals surface area contributed by atoms with E-state index >= 15 is 0 Å². The van der Waals surface area contributed by atoms with Crippen LogP contribution in [0.5, 0.6) is 0 Å². The van der Waals surface area contributed by atoms with Crippen molar-refractivity contribution in [3.05, 3.63) is 35.4 Å². The molecule has 0 radical (unpaired) electrons. The van der Waals surface area contributed by atoms with Crippen molar-refractivity contribution >= 4 is 5.78 Å². The fourth-order valence-electron chi connectivity index (χ4n) is 1.82. The molecule has 1 N–H and O–H groups in total. The molecule has 2 heteroatoms. The van der Waals surface area contributed by atoms with Crippen LogP contribution in [0.15, 0.2) is 24.3 Å². The molecule has 1 aliphatic rings. The highest BCUT2D eigenvalue weighted by molar-refractivity contribution is 5.83. The topological polar surface area (TPSA) is 29.1 Å². The van der Waals surface area contributed by atoms with Crippen molar-refractivity contribution in [2.24, 2.45) is 5.92 Å². The van der Waals surface area contributed by atoms with Crippen LogP contribution in [0.1, 0.15) is 24.0 Å². The van der Waals surface area contributed by atoms with Crippen LogP contribution in [0.2, 0.25) is 0 Å². The second-order valence-corrected chi connectivity index (χ2v) is 4.72. The predicted octanol–water partition coefficient (Wildman–Crippen LogP) is 2.11. The molecular formula is C14H19NO. The molecule has 1 aliphatic carbocycles. The Labute approximate surface area is 97.1 Å². The number of carbonyl (C=O) groups is 1. The van der Waals surface area contributed by atoms with E-state index in [0.29, 0.717) is 13.0 Å². The molecule has 1 saturated carbocycles. The standard InChI is InChI=1S/C14H19NO/c1-11-4-2-3-5-13(11)8-14(16)10-15-9-12-6-7-12/h2-5,12,15H,6-10H2,1H3. The van der Waals surface area contributed by atoms with Crippen molar-refractivity contribution in [1.82, 2.24) is 5.32 Å². The van der Waals surface area contributed by atoms with E-state index in [1.165, 1.54) is 18.4 Å². The predicted molar refractivity (Wildman–Crippen MR) is 65.5 cm³/mol. The lowest BCUT2D eigenvalue weighted by Crippen LogP contribution is -2.26. The monoisotopic (exact) mass is 217 g/mol. The van der Waals surface area contributed by atoms with Gasteiger partial charge in [-0.15, -0.1) is 0 Å². The molecule has 0 unspecified atom stereocenters. The molecule has 1 aromatic rings. The third-order valence-electron chi connectivity index (χ3n) is 3.10. The number of ketones is 1. The van der Waals surface area contributed by atoms with E-state index in [4.69, 9.17) is 0 Å². The van der Waals surface area contributed by atoms with Gasteiger partial charge >= 0.3 is 0 Å². The van der Waals surface area contributed by atoms with Gasteiger partial charge in [0, 0.05) is 6.42 Å². The van der Waals surface area contributed by atoms with Gasteiger partial charge < -0.3 is 5.32 Å². The van der Waals surface area contributed by atoms with Gasteiger partial charge in [-0.25, -0.2) is 0 Å². The summed E-state index contributed by atoms with van der Waals surface area (Å²) < 4.78 is 0. The Morgan fingerprint density at radius 1 is 1.38 bits per heavy atom. The van der Waals surface area contributed by atoms with Crippen molar-refractivity contribution in [2.45, 2.75) is 26.2 Å². The molecule has 0 saturated heterocycles. The summed E-state index contributed by atoms with van der Waals surface area (Å²) in [6, 6.07) is 8.09. The number of benzene rings is 1. The SMILES string of the molecule is Cc1ccccc1CC(=O)CNCC1CC1. The van der Waals surface area contributed by atoms with Crippen molar-refractivity contribution < 1.29 is 4.79 Å². The molecule has 1 aromatic carbocycles. The summed E-state index contributed by atoms with van der Waals surface area (Å²) in [4.78, 5) is 11.7. The van der Waals surface area contributed by atoms with E-state index in [0.717, 1.165) is 18.0 Å². The number of nitrogens with one attached hydrogen (secondary N) is 1. The zero-order chi connectivity index (χ0) is 11.4. The van der Waals surface area contributed by atoms with E-state index < -0.39 is 0 Å². The Morgan fingerprint density at radius 3 is 2.81 bits per heavy atom. The lowest BCUT2D eigenvalue weighted by atomic mass is 10.0. The summed E-state index contributed by atoms with van der Waals surface area (Å²) in [6.45, 7) is 3.59. The van der Waals surface area contributed by atoms with Crippen molar-refractivity contribution in [1.29, 1.82) is 0 Å². The number of hydrogen-bond donors (Lipinski definition) is 1. The lowest BCUT2D eigenvalue weighted by molar-refractivity contribution is -0.117. The van der Waals surface area contributed by atoms with Crippen LogP contribution in [-0.4, -0.2) is 18.9 Å². The largest absolute Gasteiger partial charge is 0.310 e. The van der Waals surface area contributed by atoms with Crippen LogP contribution >= 0.6 is 0 Å². The molecule has 2 nitrogen and oxygen atoms in total. The van der Waals surface area contributed by atoms with E-state index in [1.807, 2.05) is 18.2 Å². The number of rotatable bonds is 6. The van der Waals surface area contributed by atoms with Crippen LogP contribution in [0.4, 0.5) is 0 Å². The Bertz CT molecular complexity index is 369. The smallest absolute Gasteiger partial charge is 0.150 e. The number of hydrogen-bond acceptors (Lipinski definition) is 2. The van der Waals surface area contributed by atoms with Gasteiger partial charge in [-0.3, -0.25) is 4.79 Å². The first kappa shape index (κ1) is 11.3. The third-order valence-corrected chi connectivity index (χ3v) is 3.10. The molecule has 0 bridgehead atoms. The molecular weight excluding hydrogens is 198 g/mol. The normalized spacial score (nSPS) is 15.1. The highest BCUT2D eigenvalue weighted by atomic mass is 16.1. The van der Waals surface area contributed by atoms with E-state index in [9.17, 15) is 4.79 Å². The zero-order valence-electron chi connectivity index (χ0n) is 9.83. The van der Waals surface area contributed by atoms with Gasteiger partial charge in [0.1, 0.15) is 0 Å². The molecule has 16 heavy (non-hydrogen) atoms. The minimum absolute atomic E-state index is 0.287. The van der Waals surface area contributed by atoms with Gasteiger partial charge in [0.05, 0.1) is 6.54 Å². The summed E-state index contributed by atoms with van der Waals surface area (Å²) in [5.74, 6) is 1.13. The van der Waals surface area contributed by atoms with Crippen LogP contribution in [0, 0.1) is 12.8 Å². The molecule has 0 atom stereocenters. The van der Waals surface area contributed by atoms with E-state index in [2.05, 4.69) is 18.3 Å². The van der Waals surface area contributed by atoms with Crippen molar-refractivity contribution in [3.8, 4) is 0 Å². The molecule has 1 fully saturated rings. The summed E-state index contributed by atoms with van der Waals surface area (Å²) in [5, 5.41) is 3.24. The van der Waals surface area contributed by atoms with Gasteiger partial charge in [0.25, 0.3) is 0 Å². The number of carbonyl (C=O) groups excluding carboxylic acids is 1. The minimum Gasteiger partial charge on any atom is -0.310 e. The maximum Gasteiger partial charge on any atom is 0.150 e. The molecule has 2 rings (SSSR count). The number of Topliss-reactive ketones (excluding diaryl/α,β-unsaturated/α-hetero) is 1. The highest BCUT2D eigenvalue weighted by Gasteiger charge is 2.20. The first-order valence-corrected chi connectivity index (χ1v) is 6.02. The van der Waals surface area contributed by atoms with Crippen LogP contribution in [0.25, 0.3) is 0 Å². The van der Waals surface area contributed by atoms with Crippen LogP contribution in [0.3, 0.4) is 0 Å². The Kier molecular flexibility index (Phi) is 3.73. The Hall–Kier alpha value is -1.15. The van der Waals surface area contributed by atoms with Gasteiger partial charge in [-0.1, -0.05) is 24.3 Å². The Morgan fingerprint density at radius 2 is 2.12 bits per heavy atom. The third kappa shape index (κ3) is 3.46. The maximum absolute atomic E-state index is 11.7. The zero-order valence-corrected chi connectivity index (χ0v) is 9.83. The first-order chi connectivity index (χ1) is 7.75. The summed E-state index contributed by atoms with van der Waals surface area (Å²) >= 11 is 0. The molecule has 0 heterocycles. The van der Waals surface area contributed by atoms with E-state index in [1.54, 1.807) is 0 Å². The van der Waals surface area contributed by atoms with Crippen LogP contribution in [-0.2, 0) is 11.2 Å². The fourth-order valence-corrected chi connectivity index (χ4v) is 1.82. The molecule has 86 valence electrons. The second-order valence-electron chi connectivity index (χ2n) is 4.72. The molecule has 0 spiro atoms. The van der Waals surface area contributed by atoms with Gasteiger partial charge in [-0.2, -0.15) is 0 Å². The lowest BCUT2D eigenvalue weighted by Gasteiger charge is -2.05. The average molecular weight is 217 g/mol. The van der Waals surface area contributed by atoms with Crippen molar-refractivity contribution in [2.75, 3.05) is 13.1 Å².